The molecule has 0 spiro atoms. The number of aromatic hydroxyl groups is 1. The molecule has 1 aromatic carbocycles. The molecule has 0 atom stereocenters. The van der Waals surface area contributed by atoms with Crippen LogP contribution in [0.4, 0.5) is 13.2 Å². The summed E-state index contributed by atoms with van der Waals surface area (Å²) in [5.74, 6) is -1.88. The number of amidine groups is 1. The molecule has 2 N–H and O–H groups in total. The largest absolute Gasteiger partial charge is 0.508 e. The first-order valence-corrected chi connectivity index (χ1v) is 7.32. The molecule has 1 aliphatic rings. The number of phenols is 1. The second kappa shape index (κ2) is 7.38. The summed E-state index contributed by atoms with van der Waals surface area (Å²) in [7, 11) is 1.15. The summed E-state index contributed by atoms with van der Waals surface area (Å²) in [6, 6.07) is 2.44. The number of halogens is 3. The van der Waals surface area contributed by atoms with Crippen molar-refractivity contribution in [1.82, 2.24) is 5.32 Å². The van der Waals surface area contributed by atoms with Gasteiger partial charge in [-0.25, -0.2) is 4.79 Å². The molecule has 2 rings (SSSR count). The molecule has 0 radical (unpaired) electrons. The second-order valence-corrected chi connectivity index (χ2v) is 5.58. The van der Waals surface area contributed by atoms with Crippen LogP contribution in [0.5, 0.6) is 5.75 Å². The van der Waals surface area contributed by atoms with Gasteiger partial charge in [0.25, 0.3) is 5.91 Å². The molecule has 1 amide bonds. The lowest BCUT2D eigenvalue weighted by atomic mass is 10.1. The first-order chi connectivity index (χ1) is 11.7. The number of carbonyl (C=O) groups excluding carboxylic acids is 2. The van der Waals surface area contributed by atoms with Crippen LogP contribution in [-0.2, 0) is 20.5 Å². The van der Waals surface area contributed by atoms with E-state index in [1.54, 1.807) is 0 Å². The lowest BCUT2D eigenvalue weighted by molar-refractivity contribution is -0.137. The van der Waals surface area contributed by atoms with Crippen molar-refractivity contribution in [1.29, 1.82) is 0 Å². The number of benzene rings is 1. The third-order valence-corrected chi connectivity index (χ3v) is 3.62. The highest BCUT2D eigenvalue weighted by Crippen LogP contribution is 2.32. The van der Waals surface area contributed by atoms with Crippen LogP contribution in [0.15, 0.2) is 39.4 Å². The Hall–Kier alpha value is -2.82. The summed E-state index contributed by atoms with van der Waals surface area (Å²) in [6.45, 7) is 0. The van der Waals surface area contributed by atoms with Gasteiger partial charge in [0.15, 0.2) is 5.17 Å². The first-order valence-electron chi connectivity index (χ1n) is 6.50. The molecule has 1 heterocycles. The molecule has 1 aliphatic heterocycles. The van der Waals surface area contributed by atoms with Crippen molar-refractivity contribution in [2.45, 2.75) is 6.18 Å². The summed E-state index contributed by atoms with van der Waals surface area (Å²) in [5, 5.41) is 18.9. The summed E-state index contributed by atoms with van der Waals surface area (Å²) >= 11 is 0.815. The number of ether oxygens (including phenoxy) is 1. The second-order valence-electron chi connectivity index (χ2n) is 4.55. The molecule has 25 heavy (non-hydrogen) atoms. The topological polar surface area (TPSA) is 100 Å². The number of amides is 1. The number of rotatable bonds is 3. The molecule has 0 saturated carbocycles. The van der Waals surface area contributed by atoms with E-state index in [9.17, 15) is 27.9 Å². The van der Waals surface area contributed by atoms with Crippen molar-refractivity contribution in [2.75, 3.05) is 7.11 Å². The Bertz CT molecular complexity index is 803. The van der Waals surface area contributed by atoms with Crippen LogP contribution in [0.2, 0.25) is 0 Å². The molecular weight excluding hydrogens is 363 g/mol. The van der Waals surface area contributed by atoms with Crippen LogP contribution in [0.1, 0.15) is 11.1 Å². The van der Waals surface area contributed by atoms with Gasteiger partial charge in [-0.2, -0.15) is 18.3 Å². The molecule has 1 saturated heterocycles. The third-order valence-electron chi connectivity index (χ3n) is 2.72. The summed E-state index contributed by atoms with van der Waals surface area (Å²) in [5.41, 5.74) is -1.07. The average molecular weight is 373 g/mol. The SMILES string of the molecule is COC(=O)/C=C1/S/C(=N\N=Cc2cc(O)cc(C(F)(F)F)c2)NC1=O. The van der Waals surface area contributed by atoms with E-state index in [1.807, 2.05) is 0 Å². The number of hydrogen-bond acceptors (Lipinski definition) is 7. The number of alkyl halides is 3. The molecule has 0 unspecified atom stereocenters. The van der Waals surface area contributed by atoms with Gasteiger partial charge in [0, 0.05) is 6.08 Å². The molecule has 0 aliphatic carbocycles. The van der Waals surface area contributed by atoms with Crippen LogP contribution in [0.25, 0.3) is 0 Å². The number of nitrogens with one attached hydrogen (secondary N) is 1. The maximum Gasteiger partial charge on any atom is 0.416 e. The third kappa shape index (κ3) is 5.08. The lowest BCUT2D eigenvalue weighted by Crippen LogP contribution is -2.19. The van der Waals surface area contributed by atoms with Crippen molar-refractivity contribution in [2.24, 2.45) is 10.2 Å². The maximum absolute atomic E-state index is 12.7. The summed E-state index contributed by atoms with van der Waals surface area (Å²) < 4.78 is 42.4. The lowest BCUT2D eigenvalue weighted by Gasteiger charge is -2.07. The van der Waals surface area contributed by atoms with E-state index in [4.69, 9.17) is 0 Å². The fourth-order valence-electron chi connectivity index (χ4n) is 1.66. The van der Waals surface area contributed by atoms with E-state index in [1.165, 1.54) is 0 Å². The number of carbonyl (C=O) groups is 2. The molecule has 0 aromatic heterocycles. The highest BCUT2D eigenvalue weighted by molar-refractivity contribution is 8.18. The zero-order valence-electron chi connectivity index (χ0n) is 12.5. The van der Waals surface area contributed by atoms with E-state index < -0.39 is 29.4 Å². The minimum Gasteiger partial charge on any atom is -0.508 e. The predicted octanol–water partition coefficient (Wildman–Crippen LogP) is 2.02. The van der Waals surface area contributed by atoms with Crippen molar-refractivity contribution < 1.29 is 32.6 Å². The first kappa shape index (κ1) is 18.5. The van der Waals surface area contributed by atoms with Crippen molar-refractivity contribution in [3.05, 3.63) is 40.3 Å². The molecular formula is C14H10F3N3O4S. The highest BCUT2D eigenvalue weighted by atomic mass is 32.2. The van der Waals surface area contributed by atoms with Crippen LogP contribution in [0.3, 0.4) is 0 Å². The Kier molecular flexibility index (Phi) is 5.47. The smallest absolute Gasteiger partial charge is 0.416 e. The number of hydrogen-bond donors (Lipinski definition) is 2. The van der Waals surface area contributed by atoms with Crippen molar-refractivity contribution in [3.63, 3.8) is 0 Å². The van der Waals surface area contributed by atoms with Gasteiger partial charge in [0.05, 0.1) is 23.8 Å². The number of thioether (sulfide) groups is 1. The van der Waals surface area contributed by atoms with Gasteiger partial charge >= 0.3 is 12.1 Å². The van der Waals surface area contributed by atoms with E-state index in [-0.39, 0.29) is 15.6 Å². The predicted molar refractivity (Wildman–Crippen MR) is 84.0 cm³/mol. The number of nitrogens with zero attached hydrogens (tertiary/aromatic N) is 2. The molecule has 1 fully saturated rings. The maximum atomic E-state index is 12.7. The molecule has 132 valence electrons. The Balaban J connectivity index is 2.15. The average Bonchev–Trinajstić information content (AvgIpc) is 2.85. The van der Waals surface area contributed by atoms with Gasteiger partial charge < -0.3 is 9.84 Å². The van der Waals surface area contributed by atoms with E-state index >= 15 is 0 Å². The van der Waals surface area contributed by atoms with Crippen molar-refractivity contribution >= 4 is 35.0 Å². The standard InChI is InChI=1S/C14H10F3N3O4S/c1-24-11(22)5-10-12(23)19-13(25-10)20-18-6-7-2-8(14(15,16)17)4-9(21)3-7/h2-6,21H,1H3,(H,19,20,23)/b10-5+,18-6?. The number of phenolic OH excluding ortho intramolecular Hbond substituents is 1. The number of methoxy groups -OCH3 is 1. The van der Waals surface area contributed by atoms with E-state index in [0.29, 0.717) is 6.07 Å². The molecule has 11 heteroatoms. The van der Waals surface area contributed by atoms with Crippen LogP contribution in [0, 0.1) is 0 Å². The van der Waals surface area contributed by atoms with Gasteiger partial charge in [-0.05, 0) is 35.5 Å². The molecule has 7 nitrogen and oxygen atoms in total. The van der Waals surface area contributed by atoms with Gasteiger partial charge in [-0.1, -0.05) is 0 Å². The van der Waals surface area contributed by atoms with Gasteiger partial charge in [-0.15, -0.1) is 5.10 Å². The zero-order chi connectivity index (χ0) is 18.6. The van der Waals surface area contributed by atoms with Gasteiger partial charge in [0.1, 0.15) is 5.75 Å². The van der Waals surface area contributed by atoms with Gasteiger partial charge in [0.2, 0.25) is 0 Å². The minimum atomic E-state index is -4.61. The minimum absolute atomic E-state index is 0.0312. The summed E-state index contributed by atoms with van der Waals surface area (Å²) in [4.78, 5) is 22.7. The fraction of sp³-hybridized carbons (Fsp3) is 0.143. The van der Waals surface area contributed by atoms with Crippen LogP contribution in [-0.4, -0.2) is 35.5 Å². The zero-order valence-corrected chi connectivity index (χ0v) is 13.3. The molecule has 0 bridgehead atoms. The quantitative estimate of drug-likeness (QED) is 0.365. The van der Waals surface area contributed by atoms with Crippen molar-refractivity contribution in [3.8, 4) is 5.75 Å². The Morgan fingerprint density at radius 2 is 2.08 bits per heavy atom. The summed E-state index contributed by atoms with van der Waals surface area (Å²) in [6.07, 6.45) is -2.66. The highest BCUT2D eigenvalue weighted by Gasteiger charge is 2.31. The van der Waals surface area contributed by atoms with Crippen LogP contribution < -0.4 is 5.32 Å². The van der Waals surface area contributed by atoms with E-state index in [0.717, 1.165) is 43.3 Å². The molecule has 1 aromatic rings. The fourth-order valence-corrected chi connectivity index (χ4v) is 2.40. The normalized spacial score (nSPS) is 18.2. The van der Waals surface area contributed by atoms with E-state index in [2.05, 4.69) is 20.3 Å². The van der Waals surface area contributed by atoms with Crippen LogP contribution >= 0.6 is 11.8 Å². The monoisotopic (exact) mass is 373 g/mol. The Morgan fingerprint density at radius 3 is 2.72 bits per heavy atom. The Labute approximate surface area is 143 Å². The number of esters is 1. The Morgan fingerprint density at radius 1 is 1.36 bits per heavy atom. The van der Waals surface area contributed by atoms with Gasteiger partial charge in [-0.3, -0.25) is 10.1 Å².